The van der Waals surface area contributed by atoms with Crippen LogP contribution in [0.3, 0.4) is 0 Å². The monoisotopic (exact) mass is 311 g/mol. The van der Waals surface area contributed by atoms with E-state index in [1.165, 1.54) is 42.1 Å². The Morgan fingerprint density at radius 2 is 1.94 bits per heavy atom. The van der Waals surface area contributed by atoms with Crippen molar-refractivity contribution in [1.82, 2.24) is 5.32 Å². The highest BCUT2D eigenvalue weighted by Gasteiger charge is 2.17. The van der Waals surface area contributed by atoms with Crippen molar-refractivity contribution in [1.29, 1.82) is 0 Å². The van der Waals surface area contributed by atoms with Crippen LogP contribution < -0.4 is 5.32 Å². The maximum Gasteiger partial charge on any atom is 0.0331 e. The first-order valence-corrected chi connectivity index (χ1v) is 7.93. The lowest BCUT2D eigenvalue weighted by molar-refractivity contribution is 0.364. The Hall–Kier alpha value is -0.340. The molecule has 18 heavy (non-hydrogen) atoms. The maximum atomic E-state index is 3.66. The Morgan fingerprint density at radius 1 is 1.22 bits per heavy atom. The van der Waals surface area contributed by atoms with Crippen molar-refractivity contribution in [2.45, 2.75) is 52.0 Å². The van der Waals surface area contributed by atoms with Crippen LogP contribution >= 0.6 is 15.9 Å². The Balaban J connectivity index is 2.68. The fraction of sp³-hybridized carbons (Fsp3) is 0.625. The van der Waals surface area contributed by atoms with Crippen LogP contribution in [0.25, 0.3) is 0 Å². The highest BCUT2D eigenvalue weighted by Crippen LogP contribution is 2.30. The molecule has 0 aliphatic heterocycles. The van der Waals surface area contributed by atoms with Crippen molar-refractivity contribution in [2.75, 3.05) is 7.05 Å². The van der Waals surface area contributed by atoms with E-state index in [-0.39, 0.29) is 0 Å². The molecular weight excluding hydrogens is 286 g/mol. The Labute approximate surface area is 120 Å². The molecule has 1 rings (SSSR count). The number of halogens is 1. The third-order valence-electron chi connectivity index (χ3n) is 3.74. The third kappa shape index (κ3) is 4.74. The van der Waals surface area contributed by atoms with E-state index < -0.39 is 0 Å². The lowest BCUT2D eigenvalue weighted by atomic mass is 9.89. The standard InChI is InChI=1S/C16H26BrN/c1-4-6-9-13(5-2)12-16(18-3)14-10-7-8-11-15(14)17/h7-8,10-11,13,16,18H,4-6,9,12H2,1-3H3. The normalized spacial score (nSPS) is 14.4. The topological polar surface area (TPSA) is 12.0 Å². The Bertz CT molecular complexity index is 338. The van der Waals surface area contributed by atoms with Gasteiger partial charge in [-0.05, 0) is 31.0 Å². The molecule has 0 aliphatic rings. The highest BCUT2D eigenvalue weighted by molar-refractivity contribution is 9.10. The largest absolute Gasteiger partial charge is 0.313 e. The highest BCUT2D eigenvalue weighted by atomic mass is 79.9. The van der Waals surface area contributed by atoms with Gasteiger partial charge in [-0.15, -0.1) is 0 Å². The van der Waals surface area contributed by atoms with Gasteiger partial charge in [0.1, 0.15) is 0 Å². The Kier molecular flexibility index (Phi) is 7.60. The zero-order valence-corrected chi connectivity index (χ0v) is 13.5. The van der Waals surface area contributed by atoms with Crippen molar-refractivity contribution < 1.29 is 0 Å². The number of nitrogens with one attached hydrogen (secondary N) is 1. The zero-order valence-electron chi connectivity index (χ0n) is 11.9. The average molecular weight is 312 g/mol. The summed E-state index contributed by atoms with van der Waals surface area (Å²) >= 11 is 3.66. The molecule has 1 aromatic carbocycles. The van der Waals surface area contributed by atoms with E-state index >= 15 is 0 Å². The van der Waals surface area contributed by atoms with Crippen LogP contribution in [-0.2, 0) is 0 Å². The summed E-state index contributed by atoms with van der Waals surface area (Å²) in [6.45, 7) is 4.59. The summed E-state index contributed by atoms with van der Waals surface area (Å²) in [6, 6.07) is 9.01. The van der Waals surface area contributed by atoms with E-state index in [9.17, 15) is 0 Å². The van der Waals surface area contributed by atoms with Gasteiger partial charge in [0, 0.05) is 10.5 Å². The average Bonchev–Trinajstić information content (AvgIpc) is 2.40. The molecule has 102 valence electrons. The van der Waals surface area contributed by atoms with Crippen LogP contribution in [-0.4, -0.2) is 7.05 Å². The number of hydrogen-bond acceptors (Lipinski definition) is 1. The molecule has 0 bridgehead atoms. The van der Waals surface area contributed by atoms with Crippen LogP contribution in [0.5, 0.6) is 0 Å². The van der Waals surface area contributed by atoms with Crippen LogP contribution in [0.15, 0.2) is 28.7 Å². The minimum atomic E-state index is 0.461. The van der Waals surface area contributed by atoms with E-state index in [1.54, 1.807) is 0 Å². The van der Waals surface area contributed by atoms with Gasteiger partial charge < -0.3 is 5.32 Å². The molecular formula is C16H26BrN. The third-order valence-corrected chi connectivity index (χ3v) is 4.46. The predicted octanol–water partition coefficient (Wildman–Crippen LogP) is 5.32. The number of unbranched alkanes of at least 4 members (excludes halogenated alkanes) is 1. The van der Waals surface area contributed by atoms with Gasteiger partial charge >= 0.3 is 0 Å². The second kappa shape index (κ2) is 8.71. The molecule has 0 amide bonds. The Morgan fingerprint density at radius 3 is 2.50 bits per heavy atom. The first-order chi connectivity index (χ1) is 8.72. The lowest BCUT2D eigenvalue weighted by Gasteiger charge is -2.23. The SMILES string of the molecule is CCCCC(CC)CC(NC)c1ccccc1Br. The van der Waals surface area contributed by atoms with E-state index in [1.807, 2.05) is 0 Å². The molecule has 0 aliphatic carbocycles. The molecule has 1 nitrogen and oxygen atoms in total. The first-order valence-electron chi connectivity index (χ1n) is 7.14. The molecule has 1 aromatic rings. The van der Waals surface area contributed by atoms with Crippen molar-refractivity contribution in [3.8, 4) is 0 Å². The summed E-state index contributed by atoms with van der Waals surface area (Å²) < 4.78 is 1.22. The van der Waals surface area contributed by atoms with Gasteiger partial charge in [0.2, 0.25) is 0 Å². The summed E-state index contributed by atoms with van der Waals surface area (Å²) in [5, 5.41) is 3.47. The van der Waals surface area contributed by atoms with Crippen LogP contribution in [0.2, 0.25) is 0 Å². The predicted molar refractivity (Wildman–Crippen MR) is 83.9 cm³/mol. The van der Waals surface area contributed by atoms with Crippen LogP contribution in [0.1, 0.15) is 57.6 Å². The quantitative estimate of drug-likeness (QED) is 0.685. The lowest BCUT2D eigenvalue weighted by Crippen LogP contribution is -2.20. The zero-order chi connectivity index (χ0) is 13.4. The molecule has 0 aromatic heterocycles. The summed E-state index contributed by atoms with van der Waals surface area (Å²) in [7, 11) is 2.07. The van der Waals surface area contributed by atoms with Gasteiger partial charge in [-0.2, -0.15) is 0 Å². The van der Waals surface area contributed by atoms with E-state index in [0.717, 1.165) is 5.92 Å². The molecule has 2 atom stereocenters. The van der Waals surface area contributed by atoms with Gasteiger partial charge in [-0.25, -0.2) is 0 Å². The van der Waals surface area contributed by atoms with Crippen molar-refractivity contribution in [2.24, 2.45) is 5.92 Å². The summed E-state index contributed by atoms with van der Waals surface area (Å²) in [5.41, 5.74) is 1.38. The molecule has 1 N–H and O–H groups in total. The minimum absolute atomic E-state index is 0.461. The van der Waals surface area contributed by atoms with E-state index in [4.69, 9.17) is 0 Å². The van der Waals surface area contributed by atoms with Gasteiger partial charge in [0.15, 0.2) is 0 Å². The minimum Gasteiger partial charge on any atom is -0.313 e. The second-order valence-corrected chi connectivity index (χ2v) is 5.87. The number of rotatable bonds is 8. The van der Waals surface area contributed by atoms with E-state index in [0.29, 0.717) is 6.04 Å². The second-order valence-electron chi connectivity index (χ2n) is 5.01. The van der Waals surface area contributed by atoms with Gasteiger partial charge in [0.05, 0.1) is 0 Å². The maximum absolute atomic E-state index is 3.66. The van der Waals surface area contributed by atoms with Crippen molar-refractivity contribution in [3.05, 3.63) is 34.3 Å². The molecule has 0 saturated carbocycles. The number of hydrogen-bond donors (Lipinski definition) is 1. The fourth-order valence-corrected chi connectivity index (χ4v) is 3.03. The van der Waals surface area contributed by atoms with Gasteiger partial charge in [-0.3, -0.25) is 0 Å². The molecule has 2 heteroatoms. The molecule has 0 radical (unpaired) electrons. The molecule has 0 fully saturated rings. The summed E-state index contributed by atoms with van der Waals surface area (Å²) in [6.07, 6.45) is 6.52. The smallest absolute Gasteiger partial charge is 0.0331 e. The molecule has 0 spiro atoms. The summed E-state index contributed by atoms with van der Waals surface area (Å²) in [5.74, 6) is 0.828. The van der Waals surface area contributed by atoms with Crippen molar-refractivity contribution in [3.63, 3.8) is 0 Å². The van der Waals surface area contributed by atoms with Crippen LogP contribution in [0, 0.1) is 5.92 Å². The van der Waals surface area contributed by atoms with Gasteiger partial charge in [0.25, 0.3) is 0 Å². The fourth-order valence-electron chi connectivity index (χ4n) is 2.47. The summed E-state index contributed by atoms with van der Waals surface area (Å²) in [4.78, 5) is 0. The van der Waals surface area contributed by atoms with E-state index in [2.05, 4.69) is 66.4 Å². The van der Waals surface area contributed by atoms with Gasteiger partial charge in [-0.1, -0.05) is 73.7 Å². The first kappa shape index (κ1) is 15.7. The van der Waals surface area contributed by atoms with Crippen LogP contribution in [0.4, 0.5) is 0 Å². The molecule has 0 heterocycles. The van der Waals surface area contributed by atoms with Crippen molar-refractivity contribution >= 4 is 15.9 Å². The molecule has 2 unspecified atom stereocenters. The number of benzene rings is 1. The molecule has 0 saturated heterocycles.